The number of benzene rings is 2. The van der Waals surface area contributed by atoms with Gasteiger partial charge in [-0.25, -0.2) is 0 Å². The lowest BCUT2D eigenvalue weighted by Crippen LogP contribution is -2.17. The lowest BCUT2D eigenvalue weighted by Gasteiger charge is -2.26. The second-order valence-electron chi connectivity index (χ2n) is 5.11. The van der Waals surface area contributed by atoms with Crippen molar-refractivity contribution >= 4 is 17.4 Å². The zero-order chi connectivity index (χ0) is 13.9. The van der Waals surface area contributed by atoms with E-state index in [2.05, 4.69) is 36.4 Å². The Morgan fingerprint density at radius 2 is 2.05 bits per heavy atom. The highest BCUT2D eigenvalue weighted by Crippen LogP contribution is 2.34. The molecule has 1 aliphatic rings. The zero-order valence-electron chi connectivity index (χ0n) is 11.6. The van der Waals surface area contributed by atoms with Crippen LogP contribution >= 0.6 is 11.8 Å². The van der Waals surface area contributed by atoms with Crippen LogP contribution in [0.3, 0.4) is 0 Å². The van der Waals surface area contributed by atoms with Crippen LogP contribution < -0.4 is 5.73 Å². The third-order valence-electron chi connectivity index (χ3n) is 3.77. The first-order valence-electron chi connectivity index (χ1n) is 6.93. The maximum atomic E-state index is 6.13. The predicted octanol–water partition coefficient (Wildman–Crippen LogP) is 3.98. The van der Waals surface area contributed by atoms with Gasteiger partial charge < -0.3 is 10.5 Å². The van der Waals surface area contributed by atoms with E-state index < -0.39 is 0 Å². The number of rotatable bonds is 3. The highest BCUT2D eigenvalue weighted by molar-refractivity contribution is 7.99. The van der Waals surface area contributed by atoms with Crippen molar-refractivity contribution < 1.29 is 4.74 Å². The van der Waals surface area contributed by atoms with Crippen molar-refractivity contribution in [3.63, 3.8) is 0 Å². The summed E-state index contributed by atoms with van der Waals surface area (Å²) in [5.41, 5.74) is 10.9. The number of fused-ring (bicyclic) bond motifs is 1. The minimum atomic E-state index is 0.171. The minimum absolute atomic E-state index is 0.171. The van der Waals surface area contributed by atoms with Gasteiger partial charge in [0.1, 0.15) is 0 Å². The maximum absolute atomic E-state index is 6.13. The lowest BCUT2D eigenvalue weighted by molar-refractivity contribution is 0.0588. The Bertz CT molecular complexity index is 612. The quantitative estimate of drug-likeness (QED) is 0.684. The number of nitrogens with two attached hydrogens (primary N) is 1. The molecular weight excluding hydrogens is 266 g/mol. The summed E-state index contributed by atoms with van der Waals surface area (Å²) in [6, 6.07) is 14.8. The molecule has 2 N–H and O–H groups in total. The smallest absolute Gasteiger partial charge is 0.0921 e. The number of aryl methyl sites for hydroxylation is 1. The summed E-state index contributed by atoms with van der Waals surface area (Å²) in [5.74, 6) is 0.907. The molecule has 0 radical (unpaired) electrons. The highest BCUT2D eigenvalue weighted by Gasteiger charge is 2.20. The van der Waals surface area contributed by atoms with Gasteiger partial charge in [0.05, 0.1) is 12.7 Å². The van der Waals surface area contributed by atoms with E-state index in [1.54, 1.807) is 11.8 Å². The molecule has 1 unspecified atom stereocenters. The van der Waals surface area contributed by atoms with Gasteiger partial charge in [0.25, 0.3) is 0 Å². The second-order valence-corrected chi connectivity index (χ2v) is 6.17. The fourth-order valence-electron chi connectivity index (χ4n) is 2.56. The number of anilines is 1. The van der Waals surface area contributed by atoms with E-state index >= 15 is 0 Å². The van der Waals surface area contributed by atoms with Crippen LogP contribution in [0.25, 0.3) is 0 Å². The van der Waals surface area contributed by atoms with Gasteiger partial charge in [-0.15, -0.1) is 11.8 Å². The Morgan fingerprint density at radius 1 is 1.20 bits per heavy atom. The van der Waals surface area contributed by atoms with Crippen molar-refractivity contribution in [2.24, 2.45) is 0 Å². The van der Waals surface area contributed by atoms with Crippen molar-refractivity contribution in [1.29, 1.82) is 0 Å². The largest absolute Gasteiger partial charge is 0.398 e. The number of nitrogen functional groups attached to an aromatic ring is 1. The first-order valence-corrected chi connectivity index (χ1v) is 7.91. The Balaban J connectivity index is 1.75. The topological polar surface area (TPSA) is 35.2 Å². The molecule has 0 saturated heterocycles. The summed E-state index contributed by atoms with van der Waals surface area (Å²) >= 11 is 1.78. The van der Waals surface area contributed by atoms with Crippen LogP contribution in [0.1, 0.15) is 22.8 Å². The Morgan fingerprint density at radius 3 is 2.95 bits per heavy atom. The first-order chi connectivity index (χ1) is 9.75. The van der Waals surface area contributed by atoms with Crippen molar-refractivity contribution in [3.8, 4) is 0 Å². The van der Waals surface area contributed by atoms with Crippen LogP contribution in [0, 0.1) is 6.92 Å². The van der Waals surface area contributed by atoms with Gasteiger partial charge in [0.15, 0.2) is 0 Å². The van der Waals surface area contributed by atoms with Crippen LogP contribution in [-0.4, -0.2) is 12.4 Å². The molecule has 2 aromatic carbocycles. The molecule has 2 nitrogen and oxygen atoms in total. The summed E-state index contributed by atoms with van der Waals surface area (Å²) in [7, 11) is 0. The van der Waals surface area contributed by atoms with Crippen molar-refractivity contribution in [2.75, 3.05) is 18.1 Å². The molecule has 2 aromatic rings. The van der Waals surface area contributed by atoms with Gasteiger partial charge in [-0.2, -0.15) is 0 Å². The van der Waals surface area contributed by atoms with Gasteiger partial charge >= 0.3 is 0 Å². The Hall–Kier alpha value is -1.45. The average molecular weight is 285 g/mol. The summed E-state index contributed by atoms with van der Waals surface area (Å²) in [4.78, 5) is 1.15. The van der Waals surface area contributed by atoms with E-state index in [1.807, 2.05) is 13.0 Å². The molecule has 3 heteroatoms. The molecule has 20 heavy (non-hydrogen) atoms. The average Bonchev–Trinajstić information content (AvgIpc) is 2.49. The molecule has 0 aliphatic carbocycles. The summed E-state index contributed by atoms with van der Waals surface area (Å²) < 4.78 is 5.93. The number of ether oxygens (including phenoxy) is 1. The Kier molecular flexibility index (Phi) is 3.99. The van der Waals surface area contributed by atoms with Gasteiger partial charge in [-0.1, -0.05) is 36.4 Å². The molecule has 0 amide bonds. The van der Waals surface area contributed by atoms with Gasteiger partial charge in [-0.05, 0) is 36.1 Å². The van der Waals surface area contributed by atoms with E-state index in [0.717, 1.165) is 34.9 Å². The van der Waals surface area contributed by atoms with Crippen LogP contribution in [-0.2, 0) is 11.2 Å². The fourth-order valence-corrected chi connectivity index (χ4v) is 3.66. The second kappa shape index (κ2) is 5.90. The van der Waals surface area contributed by atoms with Crippen molar-refractivity contribution in [2.45, 2.75) is 24.3 Å². The van der Waals surface area contributed by atoms with Crippen LogP contribution in [0.5, 0.6) is 0 Å². The SMILES string of the molecule is Cc1cccc(SCC2OCCc3ccccc32)c1N. The molecule has 0 spiro atoms. The summed E-state index contributed by atoms with van der Waals surface area (Å²) in [6.45, 7) is 2.86. The van der Waals surface area contributed by atoms with E-state index in [0.29, 0.717) is 0 Å². The monoisotopic (exact) mass is 285 g/mol. The molecule has 104 valence electrons. The maximum Gasteiger partial charge on any atom is 0.0921 e. The minimum Gasteiger partial charge on any atom is -0.398 e. The third kappa shape index (κ3) is 2.69. The molecular formula is C17H19NOS. The van der Waals surface area contributed by atoms with Crippen molar-refractivity contribution in [1.82, 2.24) is 0 Å². The lowest BCUT2D eigenvalue weighted by atomic mass is 9.99. The van der Waals surface area contributed by atoms with Gasteiger partial charge in [-0.3, -0.25) is 0 Å². The zero-order valence-corrected chi connectivity index (χ0v) is 12.5. The van der Waals surface area contributed by atoms with Crippen LogP contribution in [0.15, 0.2) is 47.4 Å². The summed E-state index contributed by atoms with van der Waals surface area (Å²) in [5, 5.41) is 0. The number of thioether (sulfide) groups is 1. The van der Waals surface area contributed by atoms with E-state index in [-0.39, 0.29) is 6.10 Å². The van der Waals surface area contributed by atoms with Gasteiger partial charge in [0, 0.05) is 16.3 Å². The van der Waals surface area contributed by atoms with E-state index in [9.17, 15) is 0 Å². The third-order valence-corrected chi connectivity index (χ3v) is 4.90. The normalized spacial score (nSPS) is 17.8. The number of hydrogen-bond acceptors (Lipinski definition) is 3. The Labute approximate surface area is 124 Å². The number of hydrogen-bond donors (Lipinski definition) is 1. The molecule has 1 atom stereocenters. The fraction of sp³-hybridized carbons (Fsp3) is 0.294. The number of para-hydroxylation sites is 1. The summed E-state index contributed by atoms with van der Waals surface area (Å²) in [6.07, 6.45) is 1.19. The molecule has 1 heterocycles. The predicted molar refractivity (Wildman–Crippen MR) is 85.2 cm³/mol. The van der Waals surface area contributed by atoms with Crippen molar-refractivity contribution in [3.05, 3.63) is 59.2 Å². The van der Waals surface area contributed by atoms with E-state index in [4.69, 9.17) is 10.5 Å². The highest BCUT2D eigenvalue weighted by atomic mass is 32.2. The molecule has 3 rings (SSSR count). The standard InChI is InChI=1S/C17H19NOS/c1-12-5-4-8-16(17(12)18)20-11-15-14-7-3-2-6-13(14)9-10-19-15/h2-8,15H,9-11,18H2,1H3. The van der Waals surface area contributed by atoms with Crippen LogP contribution in [0.4, 0.5) is 5.69 Å². The molecule has 0 aromatic heterocycles. The molecule has 0 saturated carbocycles. The van der Waals surface area contributed by atoms with Gasteiger partial charge in [0.2, 0.25) is 0 Å². The molecule has 0 fully saturated rings. The van der Waals surface area contributed by atoms with E-state index in [1.165, 1.54) is 11.1 Å². The van der Waals surface area contributed by atoms with Crippen LogP contribution in [0.2, 0.25) is 0 Å². The molecule has 0 bridgehead atoms. The first kappa shape index (κ1) is 13.5. The molecule has 1 aliphatic heterocycles.